The second kappa shape index (κ2) is 11.1. The van der Waals surface area contributed by atoms with Gasteiger partial charge in [0.25, 0.3) is 0 Å². The van der Waals surface area contributed by atoms with E-state index in [0.717, 1.165) is 23.1 Å². The van der Waals surface area contributed by atoms with Crippen molar-refractivity contribution in [3.8, 4) is 11.4 Å². The Morgan fingerprint density at radius 1 is 1.17 bits per heavy atom. The summed E-state index contributed by atoms with van der Waals surface area (Å²) in [5.74, 6) is 1.35. The highest BCUT2D eigenvalue weighted by atomic mass is 127. The lowest BCUT2D eigenvalue weighted by Crippen LogP contribution is -2.38. The lowest BCUT2D eigenvalue weighted by atomic mass is 10.1. The molecular formula is C20H22ClFIN5O. The molecule has 0 saturated heterocycles. The van der Waals surface area contributed by atoms with Crippen LogP contribution in [0.3, 0.4) is 0 Å². The van der Waals surface area contributed by atoms with Crippen molar-refractivity contribution in [3.05, 3.63) is 70.3 Å². The third kappa shape index (κ3) is 6.67. The van der Waals surface area contributed by atoms with Crippen LogP contribution in [0, 0.1) is 12.7 Å². The smallest absolute Gasteiger partial charge is 0.246 e. The molecule has 0 unspecified atom stereocenters. The van der Waals surface area contributed by atoms with Crippen LogP contribution < -0.4 is 10.6 Å². The molecule has 1 heterocycles. The van der Waals surface area contributed by atoms with Gasteiger partial charge in [0.1, 0.15) is 5.82 Å². The molecule has 3 rings (SSSR count). The predicted octanol–water partition coefficient (Wildman–Crippen LogP) is 4.36. The molecule has 0 spiro atoms. The zero-order valence-corrected chi connectivity index (χ0v) is 19.2. The number of halogens is 3. The van der Waals surface area contributed by atoms with Gasteiger partial charge in [0, 0.05) is 24.2 Å². The van der Waals surface area contributed by atoms with Gasteiger partial charge in [0.05, 0.1) is 6.54 Å². The first-order valence-electron chi connectivity index (χ1n) is 8.83. The van der Waals surface area contributed by atoms with Crippen molar-refractivity contribution in [1.82, 2.24) is 20.8 Å². The van der Waals surface area contributed by atoms with Crippen molar-refractivity contribution in [2.45, 2.75) is 19.9 Å². The number of nitrogens with one attached hydrogen (secondary N) is 2. The highest BCUT2D eigenvalue weighted by Gasteiger charge is 2.09. The van der Waals surface area contributed by atoms with Gasteiger partial charge in [-0.05, 0) is 60.9 Å². The third-order valence-corrected chi connectivity index (χ3v) is 4.44. The molecule has 0 aliphatic rings. The van der Waals surface area contributed by atoms with Crippen LogP contribution in [-0.2, 0) is 13.0 Å². The molecule has 0 fully saturated rings. The number of nitrogens with zero attached hydrogens (tertiary/aromatic N) is 3. The van der Waals surface area contributed by atoms with E-state index in [2.05, 4.69) is 25.8 Å². The fourth-order valence-electron chi connectivity index (χ4n) is 2.68. The number of hydrogen-bond acceptors (Lipinski definition) is 4. The van der Waals surface area contributed by atoms with Gasteiger partial charge in [0.15, 0.2) is 5.96 Å². The number of benzene rings is 2. The Balaban J connectivity index is 0.00000300. The number of guanidine groups is 1. The summed E-state index contributed by atoms with van der Waals surface area (Å²) in [5.41, 5.74) is 2.86. The summed E-state index contributed by atoms with van der Waals surface area (Å²) in [4.78, 5) is 8.54. The fraction of sp³-hybridized carbons (Fsp3) is 0.250. The van der Waals surface area contributed by atoms with Crippen molar-refractivity contribution >= 4 is 41.5 Å². The average molecular weight is 530 g/mol. The summed E-state index contributed by atoms with van der Waals surface area (Å²) in [6.07, 6.45) is 0.758. The molecule has 29 heavy (non-hydrogen) atoms. The Morgan fingerprint density at radius 2 is 1.93 bits per heavy atom. The van der Waals surface area contributed by atoms with Gasteiger partial charge in [-0.15, -0.1) is 24.0 Å². The summed E-state index contributed by atoms with van der Waals surface area (Å²) in [7, 11) is 1.69. The highest BCUT2D eigenvalue weighted by Crippen LogP contribution is 2.18. The molecule has 154 valence electrons. The normalized spacial score (nSPS) is 11.1. The minimum Gasteiger partial charge on any atom is -0.356 e. The largest absolute Gasteiger partial charge is 0.356 e. The van der Waals surface area contributed by atoms with Crippen molar-refractivity contribution in [3.63, 3.8) is 0 Å². The second-order valence-electron chi connectivity index (χ2n) is 6.19. The molecule has 3 aromatic rings. The number of aliphatic imine (C=N–C) groups is 1. The minimum absolute atomic E-state index is 0. The van der Waals surface area contributed by atoms with Gasteiger partial charge in [-0.3, -0.25) is 4.99 Å². The molecule has 0 aliphatic carbocycles. The minimum atomic E-state index is -0.218. The molecule has 2 aromatic carbocycles. The van der Waals surface area contributed by atoms with E-state index in [0.29, 0.717) is 35.8 Å². The van der Waals surface area contributed by atoms with Crippen molar-refractivity contribution in [2.24, 2.45) is 4.99 Å². The quantitative estimate of drug-likeness (QED) is 0.282. The van der Waals surface area contributed by atoms with Gasteiger partial charge in [-0.1, -0.05) is 22.8 Å². The molecule has 2 N–H and O–H groups in total. The molecule has 6 nitrogen and oxygen atoms in total. The monoisotopic (exact) mass is 529 g/mol. The Kier molecular flexibility index (Phi) is 8.84. The molecular weight excluding hydrogens is 508 g/mol. The zero-order chi connectivity index (χ0) is 19.9. The number of hydrogen-bond donors (Lipinski definition) is 2. The maximum Gasteiger partial charge on any atom is 0.246 e. The number of aryl methyl sites for hydroxylation is 1. The van der Waals surface area contributed by atoms with E-state index in [1.807, 2.05) is 19.1 Å². The van der Waals surface area contributed by atoms with Crippen LogP contribution in [0.2, 0.25) is 5.02 Å². The number of rotatable bonds is 6. The predicted molar refractivity (Wildman–Crippen MR) is 123 cm³/mol. The maximum absolute atomic E-state index is 13.2. The molecule has 0 atom stereocenters. The van der Waals surface area contributed by atoms with Crippen LogP contribution in [0.25, 0.3) is 11.4 Å². The standard InChI is InChI=1S/C20H21ClFN5O.HI/c1-13-11-17(22)8-5-14(13)9-10-24-20(23-2)25-12-18-26-19(27-28-18)15-3-6-16(21)7-4-15;/h3-8,11H,9-10,12H2,1-2H3,(H2,23,24,25);1H. The summed E-state index contributed by atoms with van der Waals surface area (Å²) >= 11 is 5.89. The first kappa shape index (κ1) is 23.1. The van der Waals surface area contributed by atoms with E-state index in [1.54, 1.807) is 25.2 Å². The van der Waals surface area contributed by atoms with Crippen molar-refractivity contribution in [1.29, 1.82) is 0 Å². The first-order valence-corrected chi connectivity index (χ1v) is 9.21. The molecule has 9 heteroatoms. The Labute approximate surface area is 191 Å². The Morgan fingerprint density at radius 3 is 2.62 bits per heavy atom. The molecule has 0 amide bonds. The average Bonchev–Trinajstić information content (AvgIpc) is 3.15. The fourth-order valence-corrected chi connectivity index (χ4v) is 2.80. The lowest BCUT2D eigenvalue weighted by Gasteiger charge is -2.11. The Bertz CT molecular complexity index is 962. The Hall–Kier alpha value is -2.20. The summed E-state index contributed by atoms with van der Waals surface area (Å²) in [6, 6.07) is 12.0. The molecule has 0 radical (unpaired) electrons. The van der Waals surface area contributed by atoms with Gasteiger partial charge in [-0.25, -0.2) is 4.39 Å². The van der Waals surface area contributed by atoms with Crippen LogP contribution >= 0.6 is 35.6 Å². The van der Waals surface area contributed by atoms with Gasteiger partial charge < -0.3 is 15.2 Å². The third-order valence-electron chi connectivity index (χ3n) is 4.19. The maximum atomic E-state index is 13.2. The van der Waals surface area contributed by atoms with Crippen LogP contribution in [0.4, 0.5) is 4.39 Å². The van der Waals surface area contributed by atoms with E-state index in [1.165, 1.54) is 12.1 Å². The summed E-state index contributed by atoms with van der Waals surface area (Å²) < 4.78 is 18.4. The van der Waals surface area contributed by atoms with Gasteiger partial charge in [0.2, 0.25) is 11.7 Å². The zero-order valence-electron chi connectivity index (χ0n) is 16.1. The lowest BCUT2D eigenvalue weighted by molar-refractivity contribution is 0.375. The molecule has 0 bridgehead atoms. The van der Waals surface area contributed by atoms with Gasteiger partial charge >= 0.3 is 0 Å². The van der Waals surface area contributed by atoms with E-state index in [9.17, 15) is 4.39 Å². The first-order chi connectivity index (χ1) is 13.5. The van der Waals surface area contributed by atoms with Crippen molar-refractivity contribution < 1.29 is 8.91 Å². The summed E-state index contributed by atoms with van der Waals surface area (Å²) in [5, 5.41) is 11.0. The van der Waals surface area contributed by atoms with Crippen molar-refractivity contribution in [2.75, 3.05) is 13.6 Å². The topological polar surface area (TPSA) is 75.3 Å². The molecule has 0 saturated carbocycles. The van der Waals surface area contributed by atoms with E-state index < -0.39 is 0 Å². The van der Waals surface area contributed by atoms with Gasteiger partial charge in [-0.2, -0.15) is 4.98 Å². The van der Waals surface area contributed by atoms with E-state index >= 15 is 0 Å². The number of aromatic nitrogens is 2. The van der Waals surface area contributed by atoms with Crippen LogP contribution in [0.5, 0.6) is 0 Å². The van der Waals surface area contributed by atoms with E-state index in [4.69, 9.17) is 16.1 Å². The highest BCUT2D eigenvalue weighted by molar-refractivity contribution is 14.0. The molecule has 1 aromatic heterocycles. The second-order valence-corrected chi connectivity index (χ2v) is 6.63. The van der Waals surface area contributed by atoms with Crippen LogP contribution in [-0.4, -0.2) is 29.7 Å². The van der Waals surface area contributed by atoms with Crippen LogP contribution in [0.1, 0.15) is 17.0 Å². The summed E-state index contributed by atoms with van der Waals surface area (Å²) in [6.45, 7) is 2.90. The SMILES string of the molecule is CN=C(NCCc1ccc(F)cc1C)NCc1nc(-c2ccc(Cl)cc2)no1.I. The van der Waals surface area contributed by atoms with Crippen LogP contribution in [0.15, 0.2) is 52.0 Å². The molecule has 0 aliphatic heterocycles. The van der Waals surface area contributed by atoms with E-state index in [-0.39, 0.29) is 29.8 Å².